The van der Waals surface area contributed by atoms with Gasteiger partial charge in [0.15, 0.2) is 0 Å². The fraction of sp³-hybridized carbons (Fsp3) is 0.0625. The molecule has 1 atom stereocenters. The summed E-state index contributed by atoms with van der Waals surface area (Å²) < 4.78 is 0. The van der Waals surface area contributed by atoms with Gasteiger partial charge in [0.2, 0.25) is 0 Å². The third kappa shape index (κ3) is 2.26. The van der Waals surface area contributed by atoms with E-state index in [1.807, 2.05) is 42.5 Å². The van der Waals surface area contributed by atoms with Crippen molar-refractivity contribution in [3.05, 3.63) is 72.8 Å². The topological polar surface area (TPSA) is 23.8 Å². The normalized spacial score (nSPS) is 11.5. The lowest BCUT2D eigenvalue weighted by atomic mass is 9.91. The molecule has 1 nitrogen and oxygen atoms in total. The van der Waals surface area contributed by atoms with Gasteiger partial charge in [0.1, 0.15) is 0 Å². The SMILES string of the molecule is C=CC(C#N)c1ccccc1-c1ccccc1. The number of allylic oxidation sites excluding steroid dienone is 1. The molecular weight excluding hydrogens is 206 g/mol. The first kappa shape index (κ1) is 11.2. The summed E-state index contributed by atoms with van der Waals surface area (Å²) in [5.41, 5.74) is 3.24. The van der Waals surface area contributed by atoms with Crippen LogP contribution in [-0.4, -0.2) is 0 Å². The average molecular weight is 219 g/mol. The quantitative estimate of drug-likeness (QED) is 0.711. The molecule has 1 unspecified atom stereocenters. The Morgan fingerprint density at radius 1 is 1.00 bits per heavy atom. The van der Waals surface area contributed by atoms with Gasteiger partial charge < -0.3 is 0 Å². The molecule has 0 radical (unpaired) electrons. The Bertz CT molecular complexity index is 549. The zero-order chi connectivity index (χ0) is 12.1. The first-order valence-electron chi connectivity index (χ1n) is 5.53. The van der Waals surface area contributed by atoms with Gasteiger partial charge in [-0.15, -0.1) is 6.58 Å². The number of hydrogen-bond acceptors (Lipinski definition) is 1. The molecule has 2 rings (SSSR count). The van der Waals surface area contributed by atoms with E-state index >= 15 is 0 Å². The molecule has 0 aliphatic rings. The molecule has 82 valence electrons. The van der Waals surface area contributed by atoms with E-state index < -0.39 is 0 Å². The van der Waals surface area contributed by atoms with Gasteiger partial charge in [0.25, 0.3) is 0 Å². The van der Waals surface area contributed by atoms with Crippen LogP contribution >= 0.6 is 0 Å². The highest BCUT2D eigenvalue weighted by Gasteiger charge is 2.11. The monoisotopic (exact) mass is 219 g/mol. The molecule has 2 aromatic carbocycles. The Labute approximate surface area is 102 Å². The van der Waals surface area contributed by atoms with Crippen LogP contribution in [-0.2, 0) is 0 Å². The number of rotatable bonds is 3. The maximum absolute atomic E-state index is 9.13. The highest BCUT2D eigenvalue weighted by atomic mass is 14.3. The maximum atomic E-state index is 9.13. The van der Waals surface area contributed by atoms with E-state index in [2.05, 4.69) is 24.8 Å². The number of nitriles is 1. The predicted molar refractivity (Wildman–Crippen MR) is 70.4 cm³/mol. The molecule has 0 aliphatic carbocycles. The van der Waals surface area contributed by atoms with Crippen molar-refractivity contribution >= 4 is 0 Å². The fourth-order valence-electron chi connectivity index (χ4n) is 1.90. The fourth-order valence-corrected chi connectivity index (χ4v) is 1.90. The highest BCUT2D eigenvalue weighted by molar-refractivity contribution is 5.69. The van der Waals surface area contributed by atoms with E-state index in [1.54, 1.807) is 6.08 Å². The van der Waals surface area contributed by atoms with E-state index in [1.165, 1.54) is 0 Å². The van der Waals surface area contributed by atoms with Crippen LogP contribution in [0.4, 0.5) is 0 Å². The molecule has 0 N–H and O–H groups in total. The van der Waals surface area contributed by atoms with Gasteiger partial charge in [0, 0.05) is 0 Å². The third-order valence-electron chi connectivity index (χ3n) is 2.76. The second-order valence-corrected chi connectivity index (χ2v) is 3.80. The van der Waals surface area contributed by atoms with Gasteiger partial charge in [-0.2, -0.15) is 5.26 Å². The summed E-state index contributed by atoms with van der Waals surface area (Å²) in [5, 5.41) is 9.13. The molecule has 0 bridgehead atoms. The third-order valence-corrected chi connectivity index (χ3v) is 2.76. The van der Waals surface area contributed by atoms with E-state index in [0.717, 1.165) is 16.7 Å². The molecular formula is C16H13N. The first-order chi connectivity index (χ1) is 8.36. The maximum Gasteiger partial charge on any atom is 0.0897 e. The van der Waals surface area contributed by atoms with Crippen molar-refractivity contribution in [2.45, 2.75) is 5.92 Å². The number of benzene rings is 2. The molecule has 1 heteroatoms. The van der Waals surface area contributed by atoms with Crippen molar-refractivity contribution in [3.63, 3.8) is 0 Å². The van der Waals surface area contributed by atoms with Gasteiger partial charge in [-0.1, -0.05) is 60.7 Å². The van der Waals surface area contributed by atoms with Crippen molar-refractivity contribution in [2.75, 3.05) is 0 Å². The molecule has 0 amide bonds. The minimum atomic E-state index is -0.258. The van der Waals surface area contributed by atoms with E-state index in [4.69, 9.17) is 5.26 Å². The Morgan fingerprint density at radius 3 is 2.29 bits per heavy atom. The molecule has 0 saturated heterocycles. The van der Waals surface area contributed by atoms with Gasteiger partial charge in [0.05, 0.1) is 12.0 Å². The van der Waals surface area contributed by atoms with Crippen LogP contribution in [0, 0.1) is 11.3 Å². The molecule has 0 aromatic heterocycles. The predicted octanol–water partition coefficient (Wildman–Crippen LogP) is 4.15. The van der Waals surface area contributed by atoms with Crippen molar-refractivity contribution in [1.29, 1.82) is 5.26 Å². The van der Waals surface area contributed by atoms with Crippen molar-refractivity contribution < 1.29 is 0 Å². The molecule has 0 heterocycles. The average Bonchev–Trinajstić information content (AvgIpc) is 2.42. The lowest BCUT2D eigenvalue weighted by Crippen LogP contribution is -1.94. The minimum absolute atomic E-state index is 0.258. The Morgan fingerprint density at radius 2 is 1.65 bits per heavy atom. The largest absolute Gasteiger partial charge is 0.197 e. The lowest BCUT2D eigenvalue weighted by Gasteiger charge is -2.11. The summed E-state index contributed by atoms with van der Waals surface area (Å²) in [4.78, 5) is 0. The Kier molecular flexibility index (Phi) is 3.37. The molecule has 0 saturated carbocycles. The second kappa shape index (κ2) is 5.14. The van der Waals surface area contributed by atoms with Crippen LogP contribution in [0.2, 0.25) is 0 Å². The summed E-state index contributed by atoms with van der Waals surface area (Å²) in [6.07, 6.45) is 1.68. The van der Waals surface area contributed by atoms with Crippen LogP contribution in [0.25, 0.3) is 11.1 Å². The van der Waals surface area contributed by atoms with Crippen LogP contribution in [0.5, 0.6) is 0 Å². The second-order valence-electron chi connectivity index (χ2n) is 3.80. The zero-order valence-electron chi connectivity index (χ0n) is 9.51. The van der Waals surface area contributed by atoms with Gasteiger partial charge >= 0.3 is 0 Å². The zero-order valence-corrected chi connectivity index (χ0v) is 9.51. The van der Waals surface area contributed by atoms with Crippen molar-refractivity contribution in [2.24, 2.45) is 0 Å². The smallest absolute Gasteiger partial charge is 0.0897 e. The summed E-state index contributed by atoms with van der Waals surface area (Å²) in [7, 11) is 0. The molecule has 17 heavy (non-hydrogen) atoms. The van der Waals surface area contributed by atoms with Crippen LogP contribution < -0.4 is 0 Å². The van der Waals surface area contributed by atoms with Crippen LogP contribution in [0.15, 0.2) is 67.3 Å². The lowest BCUT2D eigenvalue weighted by molar-refractivity contribution is 1.10. The van der Waals surface area contributed by atoms with Crippen molar-refractivity contribution in [3.8, 4) is 17.2 Å². The summed E-state index contributed by atoms with van der Waals surface area (Å²) in [6.45, 7) is 3.72. The van der Waals surface area contributed by atoms with Crippen LogP contribution in [0.1, 0.15) is 11.5 Å². The standard InChI is InChI=1S/C16H13N/c1-2-13(12-17)15-10-6-7-11-16(15)14-8-4-3-5-9-14/h2-11,13H,1H2. The van der Waals surface area contributed by atoms with E-state index in [0.29, 0.717) is 0 Å². The number of hydrogen-bond donors (Lipinski definition) is 0. The summed E-state index contributed by atoms with van der Waals surface area (Å²) >= 11 is 0. The molecule has 0 fully saturated rings. The van der Waals surface area contributed by atoms with Crippen molar-refractivity contribution in [1.82, 2.24) is 0 Å². The molecule has 0 spiro atoms. The summed E-state index contributed by atoms with van der Waals surface area (Å²) in [6, 6.07) is 20.3. The van der Waals surface area contributed by atoms with Gasteiger partial charge in [-0.05, 0) is 16.7 Å². The Balaban J connectivity index is 2.56. The number of nitrogens with zero attached hydrogens (tertiary/aromatic N) is 1. The van der Waals surface area contributed by atoms with Crippen LogP contribution in [0.3, 0.4) is 0 Å². The molecule has 2 aromatic rings. The van der Waals surface area contributed by atoms with Gasteiger partial charge in [-0.25, -0.2) is 0 Å². The van der Waals surface area contributed by atoms with E-state index in [9.17, 15) is 0 Å². The highest BCUT2D eigenvalue weighted by Crippen LogP contribution is 2.29. The summed E-state index contributed by atoms with van der Waals surface area (Å²) in [5.74, 6) is -0.258. The van der Waals surface area contributed by atoms with Gasteiger partial charge in [-0.3, -0.25) is 0 Å². The van der Waals surface area contributed by atoms with E-state index in [-0.39, 0.29) is 5.92 Å². The molecule has 0 aliphatic heterocycles. The minimum Gasteiger partial charge on any atom is -0.197 e. The first-order valence-corrected chi connectivity index (χ1v) is 5.53. The Hall–Kier alpha value is -2.33.